The first-order valence-corrected chi connectivity index (χ1v) is 6.37. The summed E-state index contributed by atoms with van der Waals surface area (Å²) >= 11 is 0. The van der Waals surface area contributed by atoms with Gasteiger partial charge in [-0.3, -0.25) is 0 Å². The SMILES string of the molecule is CCCN(c1ccc([C@H](C)O)cc1F)C1CC1. The normalized spacial score (nSPS) is 16.9. The summed E-state index contributed by atoms with van der Waals surface area (Å²) < 4.78 is 14.0. The Morgan fingerprint density at radius 1 is 1.47 bits per heavy atom. The van der Waals surface area contributed by atoms with E-state index in [1.165, 1.54) is 6.07 Å². The number of hydrogen-bond acceptors (Lipinski definition) is 2. The number of aliphatic hydroxyl groups is 1. The van der Waals surface area contributed by atoms with Crippen molar-refractivity contribution in [3.05, 3.63) is 29.6 Å². The highest BCUT2D eigenvalue weighted by Gasteiger charge is 2.30. The molecule has 0 radical (unpaired) electrons. The summed E-state index contributed by atoms with van der Waals surface area (Å²) in [5, 5.41) is 9.42. The van der Waals surface area contributed by atoms with E-state index in [1.54, 1.807) is 13.0 Å². The molecule has 0 unspecified atom stereocenters. The number of rotatable bonds is 5. The van der Waals surface area contributed by atoms with Gasteiger partial charge in [-0.1, -0.05) is 13.0 Å². The van der Waals surface area contributed by atoms with Gasteiger partial charge < -0.3 is 10.0 Å². The summed E-state index contributed by atoms with van der Waals surface area (Å²) in [5.74, 6) is -0.219. The smallest absolute Gasteiger partial charge is 0.146 e. The zero-order chi connectivity index (χ0) is 12.4. The lowest BCUT2D eigenvalue weighted by molar-refractivity contribution is 0.199. The maximum Gasteiger partial charge on any atom is 0.146 e. The number of anilines is 1. The molecule has 94 valence electrons. The second-order valence-corrected chi connectivity index (χ2v) is 4.81. The van der Waals surface area contributed by atoms with Crippen molar-refractivity contribution < 1.29 is 9.50 Å². The molecule has 1 aromatic carbocycles. The Morgan fingerprint density at radius 3 is 2.65 bits per heavy atom. The fourth-order valence-electron chi connectivity index (χ4n) is 2.14. The van der Waals surface area contributed by atoms with Crippen molar-refractivity contribution >= 4 is 5.69 Å². The Balaban J connectivity index is 2.24. The molecule has 1 fully saturated rings. The van der Waals surface area contributed by atoms with Gasteiger partial charge in [-0.15, -0.1) is 0 Å². The Labute approximate surface area is 102 Å². The average Bonchev–Trinajstić information content (AvgIpc) is 3.10. The lowest BCUT2D eigenvalue weighted by atomic mass is 10.1. The van der Waals surface area contributed by atoms with Crippen molar-refractivity contribution in [1.82, 2.24) is 0 Å². The third-order valence-corrected chi connectivity index (χ3v) is 3.22. The molecule has 1 aliphatic carbocycles. The summed E-state index contributed by atoms with van der Waals surface area (Å²) in [7, 11) is 0. The zero-order valence-corrected chi connectivity index (χ0v) is 10.5. The first-order valence-electron chi connectivity index (χ1n) is 6.37. The number of nitrogens with zero attached hydrogens (tertiary/aromatic N) is 1. The van der Waals surface area contributed by atoms with Gasteiger partial charge in [0, 0.05) is 12.6 Å². The van der Waals surface area contributed by atoms with Gasteiger partial charge >= 0.3 is 0 Å². The molecule has 17 heavy (non-hydrogen) atoms. The molecule has 1 atom stereocenters. The van der Waals surface area contributed by atoms with E-state index in [2.05, 4.69) is 11.8 Å². The molecule has 0 aromatic heterocycles. The molecule has 1 aliphatic rings. The molecule has 0 heterocycles. The fraction of sp³-hybridized carbons (Fsp3) is 0.571. The average molecular weight is 237 g/mol. The molecule has 2 nitrogen and oxygen atoms in total. The third-order valence-electron chi connectivity index (χ3n) is 3.22. The van der Waals surface area contributed by atoms with Crippen LogP contribution >= 0.6 is 0 Å². The summed E-state index contributed by atoms with van der Waals surface area (Å²) in [6.07, 6.45) is 2.74. The minimum Gasteiger partial charge on any atom is -0.389 e. The van der Waals surface area contributed by atoms with Crippen molar-refractivity contribution in [1.29, 1.82) is 0 Å². The molecule has 1 saturated carbocycles. The van der Waals surface area contributed by atoms with Crippen LogP contribution < -0.4 is 4.90 Å². The lowest BCUT2D eigenvalue weighted by Gasteiger charge is -2.25. The van der Waals surface area contributed by atoms with Crippen molar-refractivity contribution in [3.8, 4) is 0 Å². The molecule has 0 bridgehead atoms. The van der Waals surface area contributed by atoms with Crippen LogP contribution in [-0.4, -0.2) is 17.7 Å². The number of hydrogen-bond donors (Lipinski definition) is 1. The highest BCUT2D eigenvalue weighted by atomic mass is 19.1. The highest BCUT2D eigenvalue weighted by Crippen LogP contribution is 2.34. The first kappa shape index (κ1) is 12.4. The second kappa shape index (κ2) is 5.05. The molecule has 1 N–H and O–H groups in total. The molecule has 2 rings (SSSR count). The van der Waals surface area contributed by atoms with Gasteiger partial charge in [-0.2, -0.15) is 0 Å². The van der Waals surface area contributed by atoms with E-state index in [-0.39, 0.29) is 5.82 Å². The van der Waals surface area contributed by atoms with Crippen molar-refractivity contribution in [2.75, 3.05) is 11.4 Å². The summed E-state index contributed by atoms with van der Waals surface area (Å²) in [6.45, 7) is 4.66. The van der Waals surface area contributed by atoms with Crippen molar-refractivity contribution in [3.63, 3.8) is 0 Å². The van der Waals surface area contributed by atoms with Gasteiger partial charge in [-0.05, 0) is 43.9 Å². The van der Waals surface area contributed by atoms with Crippen LogP contribution in [0.4, 0.5) is 10.1 Å². The quantitative estimate of drug-likeness (QED) is 0.849. The summed E-state index contributed by atoms with van der Waals surface area (Å²) in [5.41, 5.74) is 1.32. The maximum absolute atomic E-state index is 14.0. The van der Waals surface area contributed by atoms with Crippen LogP contribution in [0.5, 0.6) is 0 Å². The molecule has 0 saturated heterocycles. The highest BCUT2D eigenvalue weighted by molar-refractivity contribution is 5.51. The van der Waals surface area contributed by atoms with Crippen LogP contribution in [0, 0.1) is 5.82 Å². The van der Waals surface area contributed by atoms with E-state index >= 15 is 0 Å². The van der Waals surface area contributed by atoms with Gasteiger partial charge in [0.05, 0.1) is 11.8 Å². The van der Waals surface area contributed by atoms with E-state index in [9.17, 15) is 9.50 Å². The standard InChI is InChI=1S/C14H20FNO/c1-3-8-16(12-5-6-12)14-7-4-11(10(2)17)9-13(14)15/h4,7,9-10,12,17H,3,5-6,8H2,1-2H3/t10-/m0/s1. The van der Waals surface area contributed by atoms with Gasteiger partial charge in [0.2, 0.25) is 0 Å². The van der Waals surface area contributed by atoms with Crippen molar-refractivity contribution in [2.24, 2.45) is 0 Å². The zero-order valence-electron chi connectivity index (χ0n) is 10.5. The number of benzene rings is 1. The predicted octanol–water partition coefficient (Wildman–Crippen LogP) is 3.26. The van der Waals surface area contributed by atoms with Crippen LogP contribution in [0.3, 0.4) is 0 Å². The largest absolute Gasteiger partial charge is 0.389 e. The summed E-state index contributed by atoms with van der Waals surface area (Å²) in [4.78, 5) is 2.15. The molecule has 0 amide bonds. The van der Waals surface area contributed by atoms with Crippen LogP contribution in [0.25, 0.3) is 0 Å². The van der Waals surface area contributed by atoms with Crippen molar-refractivity contribution in [2.45, 2.75) is 45.3 Å². The fourth-order valence-corrected chi connectivity index (χ4v) is 2.14. The first-order chi connectivity index (χ1) is 8.13. The van der Waals surface area contributed by atoms with Crippen LogP contribution in [0.2, 0.25) is 0 Å². The van der Waals surface area contributed by atoms with E-state index in [4.69, 9.17) is 0 Å². The molecular formula is C14H20FNO. The minimum atomic E-state index is -0.612. The van der Waals surface area contributed by atoms with Crippen LogP contribution in [0.1, 0.15) is 44.8 Å². The topological polar surface area (TPSA) is 23.5 Å². The Hall–Kier alpha value is -1.09. The summed E-state index contributed by atoms with van der Waals surface area (Å²) in [6, 6.07) is 5.58. The predicted molar refractivity (Wildman–Crippen MR) is 67.7 cm³/mol. The molecule has 0 aliphatic heterocycles. The minimum absolute atomic E-state index is 0.219. The van der Waals surface area contributed by atoms with Gasteiger partial charge in [0.1, 0.15) is 5.82 Å². The van der Waals surface area contributed by atoms with Gasteiger partial charge in [0.15, 0.2) is 0 Å². The third kappa shape index (κ3) is 2.78. The van der Waals surface area contributed by atoms with Gasteiger partial charge in [0.25, 0.3) is 0 Å². The van der Waals surface area contributed by atoms with Crippen LogP contribution in [-0.2, 0) is 0 Å². The molecular weight excluding hydrogens is 217 g/mol. The molecule has 1 aromatic rings. The Bertz CT molecular complexity index is 388. The Kier molecular flexibility index (Phi) is 3.67. The molecule has 3 heteroatoms. The number of aliphatic hydroxyl groups excluding tert-OH is 1. The molecule has 0 spiro atoms. The second-order valence-electron chi connectivity index (χ2n) is 4.81. The van der Waals surface area contributed by atoms with Gasteiger partial charge in [-0.25, -0.2) is 4.39 Å². The van der Waals surface area contributed by atoms with E-state index in [0.29, 0.717) is 17.3 Å². The maximum atomic E-state index is 14.0. The van der Waals surface area contributed by atoms with E-state index in [1.807, 2.05) is 6.07 Å². The van der Waals surface area contributed by atoms with E-state index < -0.39 is 6.10 Å². The lowest BCUT2D eigenvalue weighted by Crippen LogP contribution is -2.27. The number of halogens is 1. The monoisotopic (exact) mass is 237 g/mol. The Morgan fingerprint density at radius 2 is 2.18 bits per heavy atom. The van der Waals surface area contributed by atoms with Crippen LogP contribution in [0.15, 0.2) is 18.2 Å². The van der Waals surface area contributed by atoms with E-state index in [0.717, 1.165) is 25.8 Å².